The lowest BCUT2D eigenvalue weighted by molar-refractivity contribution is 0.342. The van der Waals surface area contributed by atoms with Gasteiger partial charge in [-0.1, -0.05) is 12.1 Å². The highest BCUT2D eigenvalue weighted by Crippen LogP contribution is 2.25. The van der Waals surface area contributed by atoms with E-state index in [0.717, 1.165) is 19.4 Å². The summed E-state index contributed by atoms with van der Waals surface area (Å²) in [6.07, 6.45) is 1.95. The number of ether oxygens (including phenoxy) is 1. The molecule has 1 saturated heterocycles. The summed E-state index contributed by atoms with van der Waals surface area (Å²) in [5.74, 6) is 0.668. The summed E-state index contributed by atoms with van der Waals surface area (Å²) < 4.78 is 32.2. The maximum absolute atomic E-state index is 12.1. The maximum atomic E-state index is 12.1. The standard InChI is InChI=1S/C13H20N2O3S/c1-2-18-13-8-4-3-7-12(13)15-19(16,17)10-11-6-5-9-14-11/h3-4,7-8,11,14-15H,2,5-6,9-10H2,1H3. The summed E-state index contributed by atoms with van der Waals surface area (Å²) >= 11 is 0. The molecule has 0 aliphatic carbocycles. The molecule has 2 N–H and O–H groups in total. The fraction of sp³-hybridized carbons (Fsp3) is 0.538. The summed E-state index contributed by atoms with van der Waals surface area (Å²) in [6, 6.07) is 7.13. The molecule has 2 rings (SSSR count). The van der Waals surface area contributed by atoms with Crippen molar-refractivity contribution in [1.82, 2.24) is 5.32 Å². The largest absolute Gasteiger partial charge is 0.492 e. The quantitative estimate of drug-likeness (QED) is 0.832. The van der Waals surface area contributed by atoms with Gasteiger partial charge in [-0.3, -0.25) is 4.72 Å². The minimum atomic E-state index is -3.35. The molecular formula is C13H20N2O3S. The van der Waals surface area contributed by atoms with Crippen molar-refractivity contribution in [3.05, 3.63) is 24.3 Å². The number of nitrogens with one attached hydrogen (secondary N) is 2. The molecule has 19 heavy (non-hydrogen) atoms. The summed E-state index contributed by atoms with van der Waals surface area (Å²) in [6.45, 7) is 3.27. The lowest BCUT2D eigenvalue weighted by Crippen LogP contribution is -2.32. The predicted octanol–water partition coefficient (Wildman–Crippen LogP) is 1.58. The van der Waals surface area contributed by atoms with Crippen LogP contribution in [0, 0.1) is 0 Å². The Labute approximate surface area is 114 Å². The Morgan fingerprint density at radius 1 is 1.42 bits per heavy atom. The highest BCUT2D eigenvalue weighted by Gasteiger charge is 2.22. The molecule has 1 aromatic carbocycles. The summed E-state index contributed by atoms with van der Waals surface area (Å²) in [5, 5.41) is 3.19. The molecule has 1 aliphatic rings. The van der Waals surface area contributed by atoms with E-state index in [0.29, 0.717) is 18.0 Å². The zero-order valence-corrected chi connectivity index (χ0v) is 11.9. The monoisotopic (exact) mass is 284 g/mol. The van der Waals surface area contributed by atoms with Crippen LogP contribution in [0.5, 0.6) is 5.75 Å². The van der Waals surface area contributed by atoms with Crippen molar-refractivity contribution in [3.8, 4) is 5.75 Å². The lowest BCUT2D eigenvalue weighted by atomic mass is 10.3. The number of para-hydroxylation sites is 2. The first-order valence-electron chi connectivity index (χ1n) is 6.56. The Balaban J connectivity index is 2.06. The highest BCUT2D eigenvalue weighted by atomic mass is 32.2. The van der Waals surface area contributed by atoms with Crippen molar-refractivity contribution in [2.75, 3.05) is 23.6 Å². The second-order valence-corrected chi connectivity index (χ2v) is 6.37. The third-order valence-corrected chi connectivity index (χ3v) is 4.41. The minimum Gasteiger partial charge on any atom is -0.492 e. The van der Waals surface area contributed by atoms with Crippen LogP contribution in [0.25, 0.3) is 0 Å². The molecule has 5 nitrogen and oxygen atoms in total. The molecule has 1 fully saturated rings. The fourth-order valence-electron chi connectivity index (χ4n) is 2.21. The average molecular weight is 284 g/mol. The van der Waals surface area contributed by atoms with E-state index in [1.165, 1.54) is 0 Å². The first-order chi connectivity index (χ1) is 9.11. The smallest absolute Gasteiger partial charge is 0.234 e. The second-order valence-electron chi connectivity index (χ2n) is 4.61. The van der Waals surface area contributed by atoms with E-state index in [4.69, 9.17) is 4.74 Å². The van der Waals surface area contributed by atoms with Gasteiger partial charge in [0, 0.05) is 6.04 Å². The molecule has 1 unspecified atom stereocenters. The van der Waals surface area contributed by atoms with Gasteiger partial charge in [-0.15, -0.1) is 0 Å². The fourth-order valence-corrected chi connectivity index (χ4v) is 3.61. The molecule has 1 heterocycles. The molecule has 106 valence electrons. The van der Waals surface area contributed by atoms with Crippen molar-refractivity contribution in [2.45, 2.75) is 25.8 Å². The van der Waals surface area contributed by atoms with E-state index in [1.807, 2.05) is 13.0 Å². The summed E-state index contributed by atoms with van der Waals surface area (Å²) in [5.41, 5.74) is 0.502. The maximum Gasteiger partial charge on any atom is 0.234 e. The van der Waals surface area contributed by atoms with Gasteiger partial charge in [0.2, 0.25) is 10.0 Å². The molecular weight excluding hydrogens is 264 g/mol. The summed E-state index contributed by atoms with van der Waals surface area (Å²) in [7, 11) is -3.35. The number of benzene rings is 1. The molecule has 0 radical (unpaired) electrons. The summed E-state index contributed by atoms with van der Waals surface area (Å²) in [4.78, 5) is 0. The van der Waals surface area contributed by atoms with Crippen molar-refractivity contribution in [1.29, 1.82) is 0 Å². The van der Waals surface area contributed by atoms with Gasteiger partial charge in [0.25, 0.3) is 0 Å². The van der Waals surface area contributed by atoms with Crippen molar-refractivity contribution >= 4 is 15.7 Å². The lowest BCUT2D eigenvalue weighted by Gasteiger charge is -2.15. The van der Waals surface area contributed by atoms with Gasteiger partial charge in [-0.05, 0) is 38.4 Å². The van der Waals surface area contributed by atoms with Crippen LogP contribution in [0.1, 0.15) is 19.8 Å². The van der Waals surface area contributed by atoms with Crippen LogP contribution in [-0.4, -0.2) is 33.4 Å². The van der Waals surface area contributed by atoms with Gasteiger partial charge >= 0.3 is 0 Å². The SMILES string of the molecule is CCOc1ccccc1NS(=O)(=O)CC1CCCN1. The normalized spacial score (nSPS) is 19.3. The third kappa shape index (κ3) is 4.11. The Morgan fingerprint density at radius 2 is 2.21 bits per heavy atom. The Morgan fingerprint density at radius 3 is 2.89 bits per heavy atom. The van der Waals surface area contributed by atoms with Gasteiger partial charge in [0.15, 0.2) is 0 Å². The Hall–Kier alpha value is -1.27. The Kier molecular flexibility index (Phi) is 4.66. The third-order valence-electron chi connectivity index (χ3n) is 3.04. The molecule has 0 bridgehead atoms. The van der Waals surface area contributed by atoms with E-state index in [1.54, 1.807) is 18.2 Å². The van der Waals surface area contributed by atoms with Crippen LogP contribution >= 0.6 is 0 Å². The number of rotatable bonds is 6. The minimum absolute atomic E-state index is 0.0526. The second kappa shape index (κ2) is 6.25. The molecule has 0 saturated carbocycles. The van der Waals surface area contributed by atoms with Crippen LogP contribution < -0.4 is 14.8 Å². The first kappa shape index (κ1) is 14.1. The molecule has 1 aliphatic heterocycles. The van der Waals surface area contributed by atoms with E-state index in [-0.39, 0.29) is 11.8 Å². The van der Waals surface area contributed by atoms with Crippen molar-refractivity contribution in [3.63, 3.8) is 0 Å². The van der Waals surface area contributed by atoms with Crippen molar-refractivity contribution < 1.29 is 13.2 Å². The topological polar surface area (TPSA) is 67.4 Å². The van der Waals surface area contributed by atoms with Gasteiger partial charge in [-0.2, -0.15) is 0 Å². The zero-order valence-electron chi connectivity index (χ0n) is 11.1. The number of hydrogen-bond acceptors (Lipinski definition) is 4. The van der Waals surface area contributed by atoms with Gasteiger partial charge in [0.1, 0.15) is 5.75 Å². The molecule has 1 aromatic rings. The first-order valence-corrected chi connectivity index (χ1v) is 8.21. The molecule has 0 amide bonds. The predicted molar refractivity (Wildman–Crippen MR) is 76.0 cm³/mol. The van der Waals surface area contributed by atoms with E-state index < -0.39 is 10.0 Å². The number of sulfonamides is 1. The van der Waals surface area contributed by atoms with E-state index in [2.05, 4.69) is 10.0 Å². The van der Waals surface area contributed by atoms with Crippen LogP contribution in [0.2, 0.25) is 0 Å². The van der Waals surface area contributed by atoms with Crippen molar-refractivity contribution in [2.24, 2.45) is 0 Å². The van der Waals surface area contributed by atoms with E-state index >= 15 is 0 Å². The van der Waals surface area contributed by atoms with Gasteiger partial charge in [0.05, 0.1) is 18.0 Å². The molecule has 6 heteroatoms. The van der Waals surface area contributed by atoms with E-state index in [9.17, 15) is 8.42 Å². The average Bonchev–Trinajstić information content (AvgIpc) is 2.83. The van der Waals surface area contributed by atoms with Crippen LogP contribution in [0.3, 0.4) is 0 Å². The van der Waals surface area contributed by atoms with Gasteiger partial charge in [-0.25, -0.2) is 8.42 Å². The molecule has 0 aromatic heterocycles. The van der Waals surface area contributed by atoms with Gasteiger partial charge < -0.3 is 10.1 Å². The molecule has 0 spiro atoms. The van der Waals surface area contributed by atoms with Crippen LogP contribution in [-0.2, 0) is 10.0 Å². The number of anilines is 1. The Bertz CT molecular complexity index is 510. The van der Waals surface area contributed by atoms with Crippen LogP contribution in [0.15, 0.2) is 24.3 Å². The molecule has 1 atom stereocenters. The zero-order chi connectivity index (χ0) is 13.7. The number of hydrogen-bond donors (Lipinski definition) is 2. The van der Waals surface area contributed by atoms with Crippen LogP contribution in [0.4, 0.5) is 5.69 Å². The highest BCUT2D eigenvalue weighted by molar-refractivity contribution is 7.92.